The summed E-state index contributed by atoms with van der Waals surface area (Å²) in [6, 6.07) is 12.7. The fourth-order valence-electron chi connectivity index (χ4n) is 1.84. The first kappa shape index (κ1) is 13.1. The molecule has 0 unspecified atom stereocenters. The van der Waals surface area contributed by atoms with Gasteiger partial charge in [0.25, 0.3) is 0 Å². The SMILES string of the molecule is Cc1cccc(CNCc2cc(F)ccc2Cl)c1. The highest BCUT2D eigenvalue weighted by atomic mass is 35.5. The predicted molar refractivity (Wildman–Crippen MR) is 73.1 cm³/mol. The van der Waals surface area contributed by atoms with Crippen LogP contribution in [-0.2, 0) is 13.1 Å². The van der Waals surface area contributed by atoms with E-state index in [1.165, 1.54) is 23.3 Å². The van der Waals surface area contributed by atoms with E-state index >= 15 is 0 Å². The van der Waals surface area contributed by atoms with E-state index in [4.69, 9.17) is 11.6 Å². The lowest BCUT2D eigenvalue weighted by atomic mass is 10.1. The lowest BCUT2D eigenvalue weighted by Crippen LogP contribution is -2.13. The molecule has 0 spiro atoms. The average molecular weight is 264 g/mol. The van der Waals surface area contributed by atoms with Crippen molar-refractivity contribution in [1.29, 1.82) is 0 Å². The zero-order valence-electron chi connectivity index (χ0n) is 10.2. The summed E-state index contributed by atoms with van der Waals surface area (Å²) in [5.41, 5.74) is 3.23. The minimum atomic E-state index is -0.258. The third-order valence-corrected chi connectivity index (χ3v) is 3.10. The second kappa shape index (κ2) is 5.98. The van der Waals surface area contributed by atoms with Gasteiger partial charge >= 0.3 is 0 Å². The van der Waals surface area contributed by atoms with Crippen LogP contribution in [0.2, 0.25) is 5.02 Å². The van der Waals surface area contributed by atoms with Gasteiger partial charge in [0.05, 0.1) is 0 Å². The molecular weight excluding hydrogens is 249 g/mol. The van der Waals surface area contributed by atoms with Gasteiger partial charge in [0, 0.05) is 18.1 Å². The van der Waals surface area contributed by atoms with E-state index in [0.29, 0.717) is 11.6 Å². The molecule has 0 saturated carbocycles. The largest absolute Gasteiger partial charge is 0.309 e. The maximum absolute atomic E-state index is 13.1. The van der Waals surface area contributed by atoms with Crippen molar-refractivity contribution in [2.24, 2.45) is 0 Å². The van der Waals surface area contributed by atoms with Crippen LogP contribution in [0.25, 0.3) is 0 Å². The van der Waals surface area contributed by atoms with Crippen molar-refractivity contribution in [1.82, 2.24) is 5.32 Å². The van der Waals surface area contributed by atoms with E-state index in [9.17, 15) is 4.39 Å². The van der Waals surface area contributed by atoms with Crippen molar-refractivity contribution in [3.63, 3.8) is 0 Å². The monoisotopic (exact) mass is 263 g/mol. The predicted octanol–water partition coefficient (Wildman–Crippen LogP) is 4.08. The number of aryl methyl sites for hydroxylation is 1. The van der Waals surface area contributed by atoms with Gasteiger partial charge in [0.2, 0.25) is 0 Å². The van der Waals surface area contributed by atoms with E-state index in [1.54, 1.807) is 6.07 Å². The van der Waals surface area contributed by atoms with Crippen LogP contribution < -0.4 is 5.32 Å². The van der Waals surface area contributed by atoms with Crippen LogP contribution in [0.4, 0.5) is 4.39 Å². The maximum atomic E-state index is 13.1. The van der Waals surface area contributed by atoms with Crippen LogP contribution in [-0.4, -0.2) is 0 Å². The van der Waals surface area contributed by atoms with Crippen LogP contribution in [0.3, 0.4) is 0 Å². The van der Waals surface area contributed by atoms with Gasteiger partial charge in [-0.2, -0.15) is 0 Å². The summed E-state index contributed by atoms with van der Waals surface area (Å²) in [5, 5.41) is 3.85. The van der Waals surface area contributed by atoms with Crippen LogP contribution in [0, 0.1) is 12.7 Å². The second-order valence-corrected chi connectivity index (χ2v) is 4.74. The molecule has 0 radical (unpaired) electrons. The molecule has 0 amide bonds. The fourth-order valence-corrected chi connectivity index (χ4v) is 2.03. The van der Waals surface area contributed by atoms with Crippen molar-refractivity contribution >= 4 is 11.6 Å². The maximum Gasteiger partial charge on any atom is 0.123 e. The summed E-state index contributed by atoms with van der Waals surface area (Å²) in [5.74, 6) is -0.258. The Bertz CT molecular complexity index is 540. The van der Waals surface area contributed by atoms with Gasteiger partial charge in [-0.1, -0.05) is 41.4 Å². The normalized spacial score (nSPS) is 10.6. The Morgan fingerprint density at radius 2 is 1.94 bits per heavy atom. The Morgan fingerprint density at radius 3 is 2.72 bits per heavy atom. The molecule has 0 aliphatic heterocycles. The van der Waals surface area contributed by atoms with Crippen molar-refractivity contribution in [2.75, 3.05) is 0 Å². The summed E-state index contributed by atoms with van der Waals surface area (Å²) in [6.07, 6.45) is 0. The lowest BCUT2D eigenvalue weighted by Gasteiger charge is -2.07. The van der Waals surface area contributed by atoms with Crippen LogP contribution >= 0.6 is 11.6 Å². The number of rotatable bonds is 4. The molecule has 2 aromatic carbocycles. The summed E-state index contributed by atoms with van der Waals surface area (Å²) in [7, 11) is 0. The number of nitrogens with one attached hydrogen (secondary N) is 1. The van der Waals surface area contributed by atoms with Crippen LogP contribution in [0.5, 0.6) is 0 Å². The summed E-state index contributed by atoms with van der Waals surface area (Å²) in [4.78, 5) is 0. The minimum Gasteiger partial charge on any atom is -0.309 e. The molecule has 0 aliphatic carbocycles. The third-order valence-electron chi connectivity index (χ3n) is 2.73. The molecular formula is C15H15ClFN. The lowest BCUT2D eigenvalue weighted by molar-refractivity contribution is 0.620. The zero-order valence-corrected chi connectivity index (χ0v) is 11.0. The van der Waals surface area contributed by atoms with Gasteiger partial charge in [-0.15, -0.1) is 0 Å². The Kier molecular flexibility index (Phi) is 4.34. The Hall–Kier alpha value is -1.38. The van der Waals surface area contributed by atoms with Crippen LogP contribution in [0.1, 0.15) is 16.7 Å². The number of hydrogen-bond donors (Lipinski definition) is 1. The number of halogens is 2. The molecule has 2 rings (SSSR count). The average Bonchev–Trinajstić information content (AvgIpc) is 2.34. The molecule has 0 saturated heterocycles. The van der Waals surface area contributed by atoms with E-state index < -0.39 is 0 Å². The minimum absolute atomic E-state index is 0.258. The quantitative estimate of drug-likeness (QED) is 0.877. The molecule has 2 aromatic rings. The molecule has 18 heavy (non-hydrogen) atoms. The van der Waals surface area contributed by atoms with Crippen molar-refractivity contribution < 1.29 is 4.39 Å². The summed E-state index contributed by atoms with van der Waals surface area (Å²) >= 11 is 6.00. The molecule has 1 N–H and O–H groups in total. The van der Waals surface area contributed by atoms with Crippen LogP contribution in [0.15, 0.2) is 42.5 Å². The highest BCUT2D eigenvalue weighted by Crippen LogP contribution is 2.16. The molecule has 0 fully saturated rings. The smallest absolute Gasteiger partial charge is 0.123 e. The zero-order chi connectivity index (χ0) is 13.0. The van der Waals surface area contributed by atoms with Crippen molar-refractivity contribution in [3.05, 3.63) is 70.0 Å². The number of benzene rings is 2. The highest BCUT2D eigenvalue weighted by molar-refractivity contribution is 6.31. The molecule has 3 heteroatoms. The Balaban J connectivity index is 1.94. The van der Waals surface area contributed by atoms with Gasteiger partial charge in [0.1, 0.15) is 5.82 Å². The van der Waals surface area contributed by atoms with Gasteiger partial charge in [-0.05, 0) is 36.2 Å². The molecule has 94 valence electrons. The van der Waals surface area contributed by atoms with E-state index in [0.717, 1.165) is 12.1 Å². The molecule has 0 aromatic heterocycles. The first-order valence-corrected chi connectivity index (χ1v) is 6.23. The molecule has 0 atom stereocenters. The van der Waals surface area contributed by atoms with E-state index in [-0.39, 0.29) is 5.82 Å². The standard InChI is InChI=1S/C15H15ClFN/c1-11-3-2-4-12(7-11)9-18-10-13-8-14(17)5-6-15(13)16/h2-8,18H,9-10H2,1H3. The van der Waals surface area contributed by atoms with Gasteiger partial charge < -0.3 is 5.32 Å². The van der Waals surface area contributed by atoms with E-state index in [2.05, 4.69) is 30.4 Å². The topological polar surface area (TPSA) is 12.0 Å². The second-order valence-electron chi connectivity index (χ2n) is 4.33. The molecule has 1 nitrogen and oxygen atoms in total. The molecule has 0 heterocycles. The van der Waals surface area contributed by atoms with Gasteiger partial charge in [0.15, 0.2) is 0 Å². The molecule has 0 bridgehead atoms. The third kappa shape index (κ3) is 3.56. The Morgan fingerprint density at radius 1 is 1.11 bits per heavy atom. The van der Waals surface area contributed by atoms with Gasteiger partial charge in [-0.3, -0.25) is 0 Å². The fraction of sp³-hybridized carbons (Fsp3) is 0.200. The molecule has 0 aliphatic rings. The van der Waals surface area contributed by atoms with Crippen molar-refractivity contribution in [3.8, 4) is 0 Å². The number of hydrogen-bond acceptors (Lipinski definition) is 1. The summed E-state index contributed by atoms with van der Waals surface area (Å²) < 4.78 is 13.1. The summed E-state index contributed by atoms with van der Waals surface area (Å²) in [6.45, 7) is 3.37. The van der Waals surface area contributed by atoms with Crippen molar-refractivity contribution in [2.45, 2.75) is 20.0 Å². The first-order valence-electron chi connectivity index (χ1n) is 5.85. The highest BCUT2D eigenvalue weighted by Gasteiger charge is 2.02. The first-order chi connectivity index (χ1) is 8.65. The van der Waals surface area contributed by atoms with E-state index in [1.807, 2.05) is 6.07 Å². The Labute approximate surface area is 112 Å². The van der Waals surface area contributed by atoms with Gasteiger partial charge in [-0.25, -0.2) is 4.39 Å².